The van der Waals surface area contributed by atoms with Gasteiger partial charge in [0.1, 0.15) is 27.7 Å². The molecule has 1 fully saturated rings. The van der Waals surface area contributed by atoms with Crippen LogP contribution in [0, 0.1) is 6.92 Å². The van der Waals surface area contributed by atoms with E-state index in [9.17, 15) is 24.0 Å². The zero-order valence-electron chi connectivity index (χ0n) is 30.3. The number of thioether (sulfide) groups is 2. The van der Waals surface area contributed by atoms with Crippen molar-refractivity contribution in [2.24, 2.45) is 0 Å². The zero-order valence-corrected chi connectivity index (χ0v) is 34.4. The average Bonchev–Trinajstić information content (AvgIpc) is 3.79. The van der Waals surface area contributed by atoms with E-state index >= 15 is 0 Å². The summed E-state index contributed by atoms with van der Waals surface area (Å²) in [5.74, 6) is -1.33. The van der Waals surface area contributed by atoms with Crippen LogP contribution in [-0.4, -0.2) is 78.5 Å². The van der Waals surface area contributed by atoms with Crippen LogP contribution in [0.15, 0.2) is 81.7 Å². The Hall–Kier alpha value is -4.89. The molecule has 2 aromatic carbocycles. The summed E-state index contributed by atoms with van der Waals surface area (Å²) >= 11 is 5.24. The number of halogens is 1. The molecule has 4 heterocycles. The van der Waals surface area contributed by atoms with Crippen molar-refractivity contribution in [3.8, 4) is 0 Å². The number of benzene rings is 2. The highest BCUT2D eigenvalue weighted by Gasteiger charge is 2.55. The number of hydrazine groups is 1. The van der Waals surface area contributed by atoms with E-state index in [4.69, 9.17) is 15.2 Å². The van der Waals surface area contributed by atoms with Gasteiger partial charge < -0.3 is 25.8 Å². The van der Waals surface area contributed by atoms with Crippen LogP contribution in [-0.2, 0) is 23.9 Å². The Labute approximate surface area is 344 Å². The average molecular weight is 860 g/mol. The minimum Gasteiger partial charge on any atom is -0.448 e. The minimum absolute atomic E-state index is 0. The predicted molar refractivity (Wildman–Crippen MR) is 216 cm³/mol. The number of β-lactam (4-membered cyclic amide) rings is 1. The third-order valence-corrected chi connectivity index (χ3v) is 12.0. The van der Waals surface area contributed by atoms with Crippen LogP contribution >= 0.6 is 58.6 Å². The quantitative estimate of drug-likeness (QED) is 0.0590. The van der Waals surface area contributed by atoms with Crippen LogP contribution in [0.3, 0.4) is 0 Å². The molecule has 3 atom stereocenters. The summed E-state index contributed by atoms with van der Waals surface area (Å²) in [5, 5.41) is 15.2. The molecule has 6 rings (SSSR count). The summed E-state index contributed by atoms with van der Waals surface area (Å²) in [6.07, 6.45) is -1.69. The number of anilines is 1. The van der Waals surface area contributed by atoms with Gasteiger partial charge in [-0.25, -0.2) is 30.2 Å². The molecular formula is C35H38ClN9O7S4. The first-order valence-electron chi connectivity index (χ1n) is 16.7. The van der Waals surface area contributed by atoms with Gasteiger partial charge in [-0.3, -0.25) is 14.5 Å². The fourth-order valence-corrected chi connectivity index (χ4v) is 9.43. The van der Waals surface area contributed by atoms with E-state index in [2.05, 4.69) is 36.7 Å². The maximum absolute atomic E-state index is 14.3. The number of fused-ring (bicyclic) bond motifs is 1. The molecule has 0 spiro atoms. The summed E-state index contributed by atoms with van der Waals surface area (Å²) < 4.78 is 12.1. The number of aryl methyl sites for hydroxylation is 1. The first-order valence-corrected chi connectivity index (χ1v) is 20.5. The van der Waals surface area contributed by atoms with Crippen molar-refractivity contribution in [1.82, 2.24) is 41.6 Å². The number of nitrogen functional groups attached to an aromatic ring is 1. The summed E-state index contributed by atoms with van der Waals surface area (Å²) in [6.45, 7) is 6.81. The number of thiazole rings is 1. The van der Waals surface area contributed by atoms with E-state index in [-0.39, 0.29) is 28.9 Å². The van der Waals surface area contributed by atoms with Crippen molar-refractivity contribution in [3.63, 3.8) is 0 Å². The molecule has 1 saturated heterocycles. The van der Waals surface area contributed by atoms with Crippen LogP contribution in [0.5, 0.6) is 0 Å². The zero-order chi connectivity index (χ0) is 39.3. The van der Waals surface area contributed by atoms with Gasteiger partial charge in [0, 0.05) is 16.9 Å². The maximum Gasteiger partial charge on any atom is 0.426 e. The summed E-state index contributed by atoms with van der Waals surface area (Å²) in [6, 6.07) is 15.2. The minimum atomic E-state index is -1.41. The highest BCUT2D eigenvalue weighted by Crippen LogP contribution is 2.43. The van der Waals surface area contributed by atoms with E-state index in [1.165, 1.54) is 45.1 Å². The van der Waals surface area contributed by atoms with E-state index in [1.807, 2.05) is 67.6 Å². The van der Waals surface area contributed by atoms with Gasteiger partial charge in [0.15, 0.2) is 21.6 Å². The molecule has 2 aliphatic heterocycles. The number of ether oxygens (including phenoxy) is 2. The molecule has 2 aromatic heterocycles. The van der Waals surface area contributed by atoms with Crippen molar-refractivity contribution in [2.45, 2.75) is 61.2 Å². The number of aromatic nitrogens is 3. The van der Waals surface area contributed by atoms with Gasteiger partial charge in [-0.2, -0.15) is 0 Å². The summed E-state index contributed by atoms with van der Waals surface area (Å²) in [5.41, 5.74) is 11.6. The lowest BCUT2D eigenvalue weighted by atomic mass is 10.0. The van der Waals surface area contributed by atoms with Gasteiger partial charge in [-0.15, -0.1) is 45.7 Å². The first-order chi connectivity index (χ1) is 26.3. The monoisotopic (exact) mass is 859 g/mol. The maximum atomic E-state index is 14.3. The highest BCUT2D eigenvalue weighted by molar-refractivity contribution is 8.01. The van der Waals surface area contributed by atoms with Gasteiger partial charge in [-0.1, -0.05) is 83.8 Å². The van der Waals surface area contributed by atoms with E-state index < -0.39 is 59.1 Å². The van der Waals surface area contributed by atoms with E-state index in [1.54, 1.807) is 20.8 Å². The fourth-order valence-electron chi connectivity index (χ4n) is 5.54. The lowest BCUT2D eigenvalue weighted by molar-refractivity contribution is -0.154. The Morgan fingerprint density at radius 1 is 1.02 bits per heavy atom. The predicted octanol–water partition coefficient (Wildman–Crippen LogP) is 4.87. The standard InChI is InChI=1S/C35H37N9O7S4.ClH/c1-18-40-43-34(55-18)54-16-21-15-52-29-24(38-27(45)23(22-17-53-31(36)37-22)39-32(48)41-42-33(49)51-35(2,3)4)28(46)44(29)25(21)30(47)50-26(19-11-7-5-8-12-19)20-13-9-6-10-14-20;/h5-14,17,23-24,26,29H,15-16H2,1-4H3,(H2,36,37)(H,38,45)(H,42,49)(H2,39,41,48);1H. The first kappa shape index (κ1) is 42.3. The summed E-state index contributed by atoms with van der Waals surface area (Å²) in [7, 11) is 0. The second-order valence-electron chi connectivity index (χ2n) is 13.1. The van der Waals surface area contributed by atoms with Crippen molar-refractivity contribution in [2.75, 3.05) is 17.2 Å². The lowest BCUT2D eigenvalue weighted by Gasteiger charge is -2.50. The van der Waals surface area contributed by atoms with Crippen molar-refractivity contribution >= 4 is 93.6 Å². The molecule has 0 radical (unpaired) electrons. The number of urea groups is 1. The van der Waals surface area contributed by atoms with Gasteiger partial charge >= 0.3 is 18.1 Å². The molecule has 296 valence electrons. The lowest BCUT2D eigenvalue weighted by Crippen LogP contribution is -2.71. The smallest absolute Gasteiger partial charge is 0.426 e. The van der Waals surface area contributed by atoms with Crippen LogP contribution < -0.4 is 27.2 Å². The SMILES string of the molecule is Cc1nnc(SCC2=C(C(=O)OC(c3ccccc3)c3ccccc3)N3C(=O)C(NC(=O)C(NC(=O)NNC(=O)OC(C)(C)C)c4csc(N)n4)C3SC2)s1.Cl. The number of amides is 5. The third-order valence-electron chi connectivity index (χ3n) is 7.90. The van der Waals surface area contributed by atoms with Gasteiger partial charge in [-0.05, 0) is 44.4 Å². The number of carbonyl (C=O) groups is 5. The Kier molecular flexibility index (Phi) is 13.9. The number of hydrogen-bond acceptors (Lipinski definition) is 15. The third kappa shape index (κ3) is 10.3. The molecule has 4 aromatic rings. The molecule has 21 heteroatoms. The van der Waals surface area contributed by atoms with Crippen LogP contribution in [0.4, 0.5) is 14.7 Å². The molecule has 0 saturated carbocycles. The number of nitrogens with two attached hydrogens (primary N) is 1. The normalized spacial score (nSPS) is 16.8. The van der Waals surface area contributed by atoms with Gasteiger partial charge in [0.05, 0.1) is 5.69 Å². The van der Waals surface area contributed by atoms with E-state index in [0.29, 0.717) is 21.4 Å². The Morgan fingerprint density at radius 2 is 1.68 bits per heavy atom. The Bertz CT molecular complexity index is 2060. The Balaban J connectivity index is 0.00000600. The summed E-state index contributed by atoms with van der Waals surface area (Å²) in [4.78, 5) is 72.5. The molecule has 0 bridgehead atoms. The molecule has 16 nitrogen and oxygen atoms in total. The fraction of sp³-hybridized carbons (Fsp3) is 0.314. The number of nitrogens with one attached hydrogen (secondary N) is 4. The van der Waals surface area contributed by atoms with Gasteiger partial charge in [0.25, 0.3) is 5.91 Å². The largest absolute Gasteiger partial charge is 0.448 e. The van der Waals surface area contributed by atoms with E-state index in [0.717, 1.165) is 27.5 Å². The molecule has 0 aliphatic carbocycles. The topological polar surface area (TPSA) is 220 Å². The highest BCUT2D eigenvalue weighted by atomic mass is 35.5. The molecule has 56 heavy (non-hydrogen) atoms. The van der Waals surface area contributed by atoms with Crippen LogP contribution in [0.2, 0.25) is 0 Å². The molecule has 5 amide bonds. The van der Waals surface area contributed by atoms with Crippen molar-refractivity contribution in [3.05, 3.63) is 99.1 Å². The second kappa shape index (κ2) is 18.4. The second-order valence-corrected chi connectivity index (χ2v) is 17.5. The Morgan fingerprint density at radius 3 is 2.25 bits per heavy atom. The molecule has 3 unspecified atom stereocenters. The number of hydrogen-bond donors (Lipinski definition) is 5. The number of carbonyl (C=O) groups excluding carboxylic acids is 5. The van der Waals surface area contributed by atoms with Crippen LogP contribution in [0.25, 0.3) is 0 Å². The molecular weight excluding hydrogens is 822 g/mol. The van der Waals surface area contributed by atoms with Crippen LogP contribution in [0.1, 0.15) is 54.7 Å². The number of esters is 1. The molecule has 6 N–H and O–H groups in total. The van der Waals surface area contributed by atoms with Crippen molar-refractivity contribution < 1.29 is 33.4 Å². The number of nitrogens with zero attached hydrogens (tertiary/aromatic N) is 4. The number of rotatable bonds is 11. The van der Waals surface area contributed by atoms with Crippen molar-refractivity contribution in [1.29, 1.82) is 0 Å². The molecule has 2 aliphatic rings. The van der Waals surface area contributed by atoms with Gasteiger partial charge in [0.2, 0.25) is 5.91 Å².